The summed E-state index contributed by atoms with van der Waals surface area (Å²) in [5, 5.41) is 13.6. The van der Waals surface area contributed by atoms with E-state index >= 15 is 0 Å². The van der Waals surface area contributed by atoms with Gasteiger partial charge in [0.1, 0.15) is 12.2 Å². The van der Waals surface area contributed by atoms with Gasteiger partial charge in [0.2, 0.25) is 0 Å². The number of benzene rings is 1. The van der Waals surface area contributed by atoms with E-state index < -0.39 is 5.97 Å². The predicted octanol–water partition coefficient (Wildman–Crippen LogP) is 2.29. The molecule has 1 aromatic carbocycles. The van der Waals surface area contributed by atoms with E-state index in [4.69, 9.17) is 0 Å². The van der Waals surface area contributed by atoms with Gasteiger partial charge in [0.15, 0.2) is 0 Å². The van der Waals surface area contributed by atoms with Crippen molar-refractivity contribution in [2.75, 3.05) is 6.54 Å². The molecule has 0 unspecified atom stereocenters. The Morgan fingerprint density at radius 1 is 1.35 bits per heavy atom. The Morgan fingerprint density at radius 3 is 2.83 bits per heavy atom. The van der Waals surface area contributed by atoms with Crippen LogP contribution in [0.1, 0.15) is 48.1 Å². The fourth-order valence-electron chi connectivity index (χ4n) is 3.14. The van der Waals surface area contributed by atoms with E-state index in [2.05, 4.69) is 35.8 Å². The summed E-state index contributed by atoms with van der Waals surface area (Å²) in [4.78, 5) is 18.0. The third kappa shape index (κ3) is 3.12. The lowest BCUT2D eigenvalue weighted by molar-refractivity contribution is 0.0694. The lowest BCUT2D eigenvalue weighted by Gasteiger charge is -2.30. The fraction of sp³-hybridized carbons (Fsp3) is 0.471. The van der Waals surface area contributed by atoms with Crippen molar-refractivity contribution in [1.82, 2.24) is 19.7 Å². The van der Waals surface area contributed by atoms with Crippen LogP contribution in [0.25, 0.3) is 0 Å². The van der Waals surface area contributed by atoms with Crippen molar-refractivity contribution in [3.05, 3.63) is 47.0 Å². The first kappa shape index (κ1) is 15.7. The second kappa shape index (κ2) is 5.77. The molecule has 122 valence electrons. The second-order valence-corrected chi connectivity index (χ2v) is 6.97. The number of hydrogen-bond donors (Lipinski definition) is 1. The summed E-state index contributed by atoms with van der Waals surface area (Å²) >= 11 is 0. The Labute approximate surface area is 135 Å². The van der Waals surface area contributed by atoms with Gasteiger partial charge in [-0.2, -0.15) is 5.10 Å². The molecule has 0 aliphatic carbocycles. The molecular weight excluding hydrogens is 292 g/mol. The van der Waals surface area contributed by atoms with Gasteiger partial charge in [-0.3, -0.25) is 4.90 Å². The van der Waals surface area contributed by atoms with Gasteiger partial charge in [-0.15, -0.1) is 0 Å². The third-order valence-electron chi connectivity index (χ3n) is 4.19. The molecule has 1 aliphatic rings. The van der Waals surface area contributed by atoms with E-state index in [1.54, 1.807) is 12.4 Å². The van der Waals surface area contributed by atoms with Crippen LogP contribution in [0, 0.1) is 0 Å². The number of nitrogens with zero attached hydrogens (tertiary/aromatic N) is 4. The number of carboxylic acids is 1. The number of carboxylic acid groups (broad SMARTS) is 1. The smallest absolute Gasteiger partial charge is 0.335 e. The number of hydrogen-bond acceptors (Lipinski definition) is 4. The van der Waals surface area contributed by atoms with Crippen LogP contribution in [-0.2, 0) is 25.0 Å². The van der Waals surface area contributed by atoms with Crippen LogP contribution in [0.4, 0.5) is 0 Å². The molecule has 23 heavy (non-hydrogen) atoms. The summed E-state index contributed by atoms with van der Waals surface area (Å²) in [6.45, 7) is 8.61. The molecule has 0 spiro atoms. The zero-order chi connectivity index (χ0) is 16.6. The monoisotopic (exact) mass is 314 g/mol. The highest BCUT2D eigenvalue weighted by atomic mass is 16.4. The quantitative estimate of drug-likeness (QED) is 0.941. The van der Waals surface area contributed by atoms with E-state index in [0.29, 0.717) is 12.1 Å². The van der Waals surface area contributed by atoms with Gasteiger partial charge >= 0.3 is 5.97 Å². The van der Waals surface area contributed by atoms with Crippen molar-refractivity contribution in [2.24, 2.45) is 0 Å². The normalized spacial score (nSPS) is 15.4. The lowest BCUT2D eigenvalue weighted by atomic mass is 9.94. The highest BCUT2D eigenvalue weighted by Gasteiger charge is 2.24. The maximum Gasteiger partial charge on any atom is 0.335 e. The SMILES string of the molecule is CC(C)(C)n1ncnc1CN1CCc2c(cccc2C(=O)O)C1. The van der Waals surface area contributed by atoms with Crippen LogP contribution < -0.4 is 0 Å². The van der Waals surface area contributed by atoms with Crippen LogP contribution in [0.2, 0.25) is 0 Å². The van der Waals surface area contributed by atoms with Gasteiger partial charge in [0, 0.05) is 13.1 Å². The topological polar surface area (TPSA) is 71.2 Å². The molecule has 0 saturated heterocycles. The Balaban J connectivity index is 1.80. The first-order chi connectivity index (χ1) is 10.9. The van der Waals surface area contributed by atoms with Crippen LogP contribution in [0.15, 0.2) is 24.5 Å². The van der Waals surface area contributed by atoms with E-state index in [1.807, 2.05) is 16.8 Å². The molecule has 0 atom stereocenters. The summed E-state index contributed by atoms with van der Waals surface area (Å²) < 4.78 is 1.95. The third-order valence-corrected chi connectivity index (χ3v) is 4.19. The van der Waals surface area contributed by atoms with E-state index in [1.165, 1.54) is 0 Å². The van der Waals surface area contributed by atoms with Gasteiger partial charge in [-0.05, 0) is 44.4 Å². The molecule has 0 amide bonds. The van der Waals surface area contributed by atoms with Crippen molar-refractivity contribution < 1.29 is 9.90 Å². The maximum atomic E-state index is 11.3. The molecule has 6 nitrogen and oxygen atoms in total. The van der Waals surface area contributed by atoms with E-state index in [0.717, 1.165) is 36.5 Å². The maximum absolute atomic E-state index is 11.3. The molecule has 0 radical (unpaired) electrons. The summed E-state index contributed by atoms with van der Waals surface area (Å²) in [7, 11) is 0. The standard InChI is InChI=1S/C17H22N4O2/c1-17(2,3)21-15(18-11-19-21)10-20-8-7-13-12(9-20)5-4-6-14(13)16(22)23/h4-6,11H,7-10H2,1-3H3,(H,22,23). The van der Waals surface area contributed by atoms with Gasteiger partial charge in [0.05, 0.1) is 17.6 Å². The highest BCUT2D eigenvalue weighted by molar-refractivity contribution is 5.89. The molecule has 1 aromatic heterocycles. The molecule has 1 N–H and O–H groups in total. The molecular formula is C17H22N4O2. The van der Waals surface area contributed by atoms with Crippen molar-refractivity contribution >= 4 is 5.97 Å². The molecule has 0 bridgehead atoms. The first-order valence-electron chi connectivity index (χ1n) is 7.82. The zero-order valence-electron chi connectivity index (χ0n) is 13.8. The Bertz CT molecular complexity index is 730. The summed E-state index contributed by atoms with van der Waals surface area (Å²) in [6.07, 6.45) is 2.35. The lowest BCUT2D eigenvalue weighted by Crippen LogP contribution is -2.34. The van der Waals surface area contributed by atoms with Crippen LogP contribution in [0.3, 0.4) is 0 Å². The molecule has 2 heterocycles. The fourth-order valence-corrected chi connectivity index (χ4v) is 3.14. The molecule has 2 aromatic rings. The summed E-state index contributed by atoms with van der Waals surface area (Å²) in [5.74, 6) is 0.0955. The van der Waals surface area contributed by atoms with Crippen molar-refractivity contribution in [2.45, 2.75) is 45.8 Å². The van der Waals surface area contributed by atoms with Crippen molar-refractivity contribution in [3.8, 4) is 0 Å². The van der Waals surface area contributed by atoms with E-state index in [-0.39, 0.29) is 5.54 Å². The Kier molecular flexibility index (Phi) is 3.93. The average Bonchev–Trinajstić information content (AvgIpc) is 2.94. The number of rotatable bonds is 3. The summed E-state index contributed by atoms with van der Waals surface area (Å²) in [6, 6.07) is 5.53. The minimum absolute atomic E-state index is 0.101. The van der Waals surface area contributed by atoms with Gasteiger partial charge in [-0.25, -0.2) is 14.5 Å². The second-order valence-electron chi connectivity index (χ2n) is 6.97. The highest BCUT2D eigenvalue weighted by Crippen LogP contribution is 2.24. The number of carbonyl (C=O) groups is 1. The van der Waals surface area contributed by atoms with Crippen LogP contribution in [0.5, 0.6) is 0 Å². The predicted molar refractivity (Wildman–Crippen MR) is 86.2 cm³/mol. The first-order valence-corrected chi connectivity index (χ1v) is 7.82. The van der Waals surface area contributed by atoms with Crippen molar-refractivity contribution in [1.29, 1.82) is 0 Å². The summed E-state index contributed by atoms with van der Waals surface area (Å²) in [5.41, 5.74) is 2.39. The molecule has 1 aliphatic heterocycles. The van der Waals surface area contributed by atoms with Crippen LogP contribution in [-0.4, -0.2) is 37.3 Å². The molecule has 0 saturated carbocycles. The van der Waals surface area contributed by atoms with Gasteiger partial charge in [-0.1, -0.05) is 12.1 Å². The minimum atomic E-state index is -0.845. The molecule has 6 heteroatoms. The van der Waals surface area contributed by atoms with Crippen molar-refractivity contribution in [3.63, 3.8) is 0 Å². The number of aromatic carboxylic acids is 1. The van der Waals surface area contributed by atoms with Crippen LogP contribution >= 0.6 is 0 Å². The number of aromatic nitrogens is 3. The van der Waals surface area contributed by atoms with E-state index in [9.17, 15) is 9.90 Å². The molecule has 3 rings (SSSR count). The Hall–Kier alpha value is -2.21. The Morgan fingerprint density at radius 2 is 2.13 bits per heavy atom. The van der Waals surface area contributed by atoms with Gasteiger partial charge in [0.25, 0.3) is 0 Å². The molecule has 0 fully saturated rings. The van der Waals surface area contributed by atoms with Gasteiger partial charge < -0.3 is 5.11 Å². The average molecular weight is 314 g/mol. The number of fused-ring (bicyclic) bond motifs is 1. The zero-order valence-corrected chi connectivity index (χ0v) is 13.8. The minimum Gasteiger partial charge on any atom is -0.478 e. The largest absolute Gasteiger partial charge is 0.478 e.